The van der Waals surface area contributed by atoms with Gasteiger partial charge >= 0.3 is 0 Å². The molecule has 3 nitrogen and oxygen atoms in total. The highest BCUT2D eigenvalue weighted by Crippen LogP contribution is 2.06. The lowest BCUT2D eigenvalue weighted by Crippen LogP contribution is -2.18. The van der Waals surface area contributed by atoms with Gasteiger partial charge in [0.15, 0.2) is 0 Å². The highest BCUT2D eigenvalue weighted by atomic mass is 16.5. The van der Waals surface area contributed by atoms with Crippen LogP contribution >= 0.6 is 0 Å². The smallest absolute Gasteiger partial charge is 0.253 e. The van der Waals surface area contributed by atoms with Gasteiger partial charge in [0.25, 0.3) is 5.56 Å². The molecule has 0 unspecified atom stereocenters. The summed E-state index contributed by atoms with van der Waals surface area (Å²) in [4.78, 5) is 11.1. The predicted octanol–water partition coefficient (Wildman–Crippen LogP) is 0.702. The number of nitrogens with zero attached hydrogens (tertiary/aromatic N) is 1. The van der Waals surface area contributed by atoms with Crippen LogP contribution < -0.4 is 10.3 Å². The zero-order valence-corrected chi connectivity index (χ0v) is 6.92. The normalized spacial score (nSPS) is 9.73. The van der Waals surface area contributed by atoms with Crippen molar-refractivity contribution < 1.29 is 4.74 Å². The number of methoxy groups -OCH3 is 1. The van der Waals surface area contributed by atoms with Crippen LogP contribution in [0.25, 0.3) is 0 Å². The van der Waals surface area contributed by atoms with Crippen LogP contribution in [0, 0.1) is 6.92 Å². The number of hydrogen-bond donors (Lipinski definition) is 0. The van der Waals surface area contributed by atoms with Crippen LogP contribution in [0.3, 0.4) is 0 Å². The van der Waals surface area contributed by atoms with Crippen LogP contribution in [0.4, 0.5) is 0 Å². The minimum atomic E-state index is 0.0193. The van der Waals surface area contributed by atoms with Crippen LogP contribution in [-0.2, 0) is 7.05 Å². The van der Waals surface area contributed by atoms with E-state index in [0.29, 0.717) is 11.3 Å². The predicted molar refractivity (Wildman–Crippen MR) is 43.0 cm³/mol. The molecule has 0 aliphatic heterocycles. The minimum absolute atomic E-state index is 0.0193. The van der Waals surface area contributed by atoms with E-state index >= 15 is 0 Å². The van der Waals surface area contributed by atoms with Crippen molar-refractivity contribution in [3.63, 3.8) is 0 Å². The molecule has 3 heteroatoms. The van der Waals surface area contributed by atoms with Gasteiger partial charge < -0.3 is 9.30 Å². The summed E-state index contributed by atoms with van der Waals surface area (Å²) < 4.78 is 6.48. The van der Waals surface area contributed by atoms with Crippen molar-refractivity contribution in [3.8, 4) is 5.75 Å². The summed E-state index contributed by atoms with van der Waals surface area (Å²) in [6.45, 7) is 1.77. The molecular weight excluding hydrogens is 142 g/mol. The van der Waals surface area contributed by atoms with Crippen molar-refractivity contribution in [1.82, 2.24) is 4.57 Å². The van der Waals surface area contributed by atoms with Gasteiger partial charge in [0.2, 0.25) is 0 Å². The maximum absolute atomic E-state index is 11.1. The van der Waals surface area contributed by atoms with E-state index in [-0.39, 0.29) is 5.56 Å². The van der Waals surface area contributed by atoms with E-state index < -0.39 is 0 Å². The van der Waals surface area contributed by atoms with Crippen molar-refractivity contribution in [1.29, 1.82) is 0 Å². The largest absolute Gasteiger partial charge is 0.495 e. The fourth-order valence-corrected chi connectivity index (χ4v) is 0.952. The van der Waals surface area contributed by atoms with Gasteiger partial charge in [-0.25, -0.2) is 0 Å². The van der Waals surface area contributed by atoms with Gasteiger partial charge in [0.05, 0.1) is 7.11 Å². The third-order valence-electron chi connectivity index (χ3n) is 1.57. The molecule has 60 valence electrons. The molecule has 11 heavy (non-hydrogen) atoms. The van der Waals surface area contributed by atoms with E-state index in [1.165, 1.54) is 4.57 Å². The van der Waals surface area contributed by atoms with Crippen molar-refractivity contribution in [2.45, 2.75) is 6.92 Å². The number of aromatic nitrogens is 1. The van der Waals surface area contributed by atoms with Gasteiger partial charge in [0, 0.05) is 18.8 Å². The molecule has 0 saturated carbocycles. The van der Waals surface area contributed by atoms with Crippen LogP contribution in [0.5, 0.6) is 5.75 Å². The fraction of sp³-hybridized carbons (Fsp3) is 0.375. The average molecular weight is 153 g/mol. The summed E-state index contributed by atoms with van der Waals surface area (Å²) in [5.41, 5.74) is 0.720. The van der Waals surface area contributed by atoms with E-state index in [1.807, 2.05) is 0 Å². The van der Waals surface area contributed by atoms with Gasteiger partial charge in [-0.2, -0.15) is 0 Å². The second-order valence-corrected chi connectivity index (χ2v) is 2.48. The first-order chi connectivity index (χ1) is 5.15. The van der Waals surface area contributed by atoms with Gasteiger partial charge in [-0.15, -0.1) is 0 Å². The van der Waals surface area contributed by atoms with Crippen LogP contribution in [-0.4, -0.2) is 11.7 Å². The Balaban J connectivity index is 3.32. The Morgan fingerprint density at radius 3 is 2.64 bits per heavy atom. The van der Waals surface area contributed by atoms with Gasteiger partial charge in [0.1, 0.15) is 5.75 Å². The number of hydrogen-bond acceptors (Lipinski definition) is 2. The third kappa shape index (κ3) is 1.42. The number of pyridine rings is 1. The maximum atomic E-state index is 11.1. The Morgan fingerprint density at radius 1 is 1.55 bits per heavy atom. The van der Waals surface area contributed by atoms with E-state index in [9.17, 15) is 4.79 Å². The molecule has 0 radical (unpaired) electrons. The Bertz CT molecular complexity index is 288. The van der Waals surface area contributed by atoms with Crippen molar-refractivity contribution in [2.24, 2.45) is 7.05 Å². The molecule has 0 aliphatic carbocycles. The highest BCUT2D eigenvalue weighted by molar-refractivity contribution is 5.23. The molecule has 0 N–H and O–H groups in total. The summed E-state index contributed by atoms with van der Waals surface area (Å²) in [7, 11) is 3.29. The summed E-state index contributed by atoms with van der Waals surface area (Å²) in [6, 6.07) is 1.72. The van der Waals surface area contributed by atoms with Gasteiger partial charge in [-0.3, -0.25) is 4.79 Å². The van der Waals surface area contributed by atoms with E-state index in [4.69, 9.17) is 4.74 Å². The Labute approximate surface area is 65.2 Å². The molecule has 0 spiro atoms. The molecule has 0 fully saturated rings. The molecule has 1 aromatic heterocycles. The SMILES string of the molecule is COc1cc(C)c(=O)n(C)c1. The lowest BCUT2D eigenvalue weighted by atomic mass is 10.3. The Morgan fingerprint density at radius 2 is 2.18 bits per heavy atom. The fourth-order valence-electron chi connectivity index (χ4n) is 0.952. The molecule has 0 amide bonds. The first kappa shape index (κ1) is 7.85. The van der Waals surface area contributed by atoms with E-state index in [2.05, 4.69) is 0 Å². The summed E-state index contributed by atoms with van der Waals surface area (Å²) in [6.07, 6.45) is 1.66. The van der Waals surface area contributed by atoms with Crippen molar-refractivity contribution in [3.05, 3.63) is 28.2 Å². The molecule has 1 rings (SSSR count). The monoisotopic (exact) mass is 153 g/mol. The first-order valence-corrected chi connectivity index (χ1v) is 3.36. The molecule has 0 saturated heterocycles. The lowest BCUT2D eigenvalue weighted by molar-refractivity contribution is 0.409. The molecular formula is C8H11NO2. The van der Waals surface area contributed by atoms with Crippen molar-refractivity contribution >= 4 is 0 Å². The van der Waals surface area contributed by atoms with Crippen LogP contribution in [0.15, 0.2) is 17.1 Å². The van der Waals surface area contributed by atoms with Crippen molar-refractivity contribution in [2.75, 3.05) is 7.11 Å². The second-order valence-electron chi connectivity index (χ2n) is 2.48. The third-order valence-corrected chi connectivity index (χ3v) is 1.57. The Hall–Kier alpha value is -1.25. The molecule has 0 bridgehead atoms. The zero-order chi connectivity index (χ0) is 8.43. The molecule has 0 atom stereocenters. The van der Waals surface area contributed by atoms with Crippen LogP contribution in [0.1, 0.15) is 5.56 Å². The summed E-state index contributed by atoms with van der Waals surface area (Å²) in [5.74, 6) is 0.713. The Kier molecular flexibility index (Phi) is 1.98. The van der Waals surface area contributed by atoms with E-state index in [1.54, 1.807) is 33.3 Å². The average Bonchev–Trinajstić information content (AvgIpc) is 1.99. The quantitative estimate of drug-likeness (QED) is 0.594. The topological polar surface area (TPSA) is 31.2 Å². The zero-order valence-electron chi connectivity index (χ0n) is 6.92. The molecule has 1 heterocycles. The molecule has 1 aromatic rings. The number of rotatable bonds is 1. The molecule has 0 aliphatic rings. The van der Waals surface area contributed by atoms with Gasteiger partial charge in [-0.1, -0.05) is 0 Å². The second kappa shape index (κ2) is 2.78. The van der Waals surface area contributed by atoms with Crippen LogP contribution in [0.2, 0.25) is 0 Å². The number of ether oxygens (including phenoxy) is 1. The standard InChI is InChI=1S/C8H11NO2/c1-6-4-7(11-3)5-9(2)8(6)10/h4-5H,1-3H3. The number of aryl methyl sites for hydroxylation is 2. The lowest BCUT2D eigenvalue weighted by Gasteiger charge is -2.03. The first-order valence-electron chi connectivity index (χ1n) is 3.36. The minimum Gasteiger partial charge on any atom is -0.495 e. The highest BCUT2D eigenvalue weighted by Gasteiger charge is 1.98. The summed E-state index contributed by atoms with van der Waals surface area (Å²) in [5, 5.41) is 0. The molecule has 0 aromatic carbocycles. The maximum Gasteiger partial charge on any atom is 0.253 e. The van der Waals surface area contributed by atoms with Gasteiger partial charge in [-0.05, 0) is 13.0 Å². The van der Waals surface area contributed by atoms with E-state index in [0.717, 1.165) is 0 Å². The summed E-state index contributed by atoms with van der Waals surface area (Å²) >= 11 is 0.